The van der Waals surface area contributed by atoms with E-state index >= 15 is 0 Å². The van der Waals surface area contributed by atoms with Crippen molar-refractivity contribution >= 4 is 17.4 Å². The largest absolute Gasteiger partial charge is 0.497 e. The van der Waals surface area contributed by atoms with E-state index < -0.39 is 4.92 Å². The summed E-state index contributed by atoms with van der Waals surface area (Å²) in [7, 11) is 1.54. The molecule has 0 bridgehead atoms. The predicted molar refractivity (Wildman–Crippen MR) is 79.7 cm³/mol. The topological polar surface area (TPSA) is 106 Å². The molecule has 1 aromatic heterocycles. The van der Waals surface area contributed by atoms with Gasteiger partial charge in [0.1, 0.15) is 17.3 Å². The summed E-state index contributed by atoms with van der Waals surface area (Å²) in [5.41, 5.74) is 5.70. The predicted octanol–water partition coefficient (Wildman–Crippen LogP) is 2.06. The summed E-state index contributed by atoms with van der Waals surface area (Å²) < 4.78 is 5.01. The molecule has 0 aliphatic heterocycles. The molecule has 0 aliphatic rings. The van der Waals surface area contributed by atoms with Crippen LogP contribution in [0.25, 0.3) is 0 Å². The number of carbonyl (C=O) groups is 1. The van der Waals surface area contributed by atoms with E-state index in [1.807, 2.05) is 0 Å². The van der Waals surface area contributed by atoms with Crippen molar-refractivity contribution in [2.45, 2.75) is 6.92 Å². The molecule has 0 fully saturated rings. The molecule has 8 heteroatoms. The average Bonchev–Trinajstić information content (AvgIpc) is 2.52. The lowest BCUT2D eigenvalue weighted by molar-refractivity contribution is -0.385. The fourth-order valence-electron chi connectivity index (χ4n) is 1.75. The van der Waals surface area contributed by atoms with E-state index in [4.69, 9.17) is 4.74 Å². The minimum Gasteiger partial charge on any atom is -0.497 e. The molecule has 1 heterocycles. The number of pyridine rings is 1. The Kier molecular flexibility index (Phi) is 4.52. The molecule has 2 N–H and O–H groups in total. The summed E-state index contributed by atoms with van der Waals surface area (Å²) in [6.45, 7) is 1.52. The van der Waals surface area contributed by atoms with Gasteiger partial charge in [0.05, 0.1) is 12.0 Å². The van der Waals surface area contributed by atoms with Crippen molar-refractivity contribution in [2.75, 3.05) is 12.5 Å². The first-order valence-corrected chi connectivity index (χ1v) is 6.33. The van der Waals surface area contributed by atoms with E-state index in [0.717, 1.165) is 0 Å². The molecule has 22 heavy (non-hydrogen) atoms. The number of rotatable bonds is 5. The van der Waals surface area contributed by atoms with Crippen molar-refractivity contribution in [3.05, 3.63) is 57.8 Å². The van der Waals surface area contributed by atoms with Gasteiger partial charge in [-0.1, -0.05) is 0 Å². The number of nitrogens with zero attached hydrogens (tertiary/aromatic N) is 2. The van der Waals surface area contributed by atoms with Gasteiger partial charge in [-0.3, -0.25) is 25.8 Å². The van der Waals surface area contributed by atoms with Gasteiger partial charge in [-0.2, -0.15) is 0 Å². The van der Waals surface area contributed by atoms with Crippen LogP contribution in [0.1, 0.15) is 16.1 Å². The van der Waals surface area contributed by atoms with Gasteiger partial charge in [0.15, 0.2) is 0 Å². The van der Waals surface area contributed by atoms with E-state index in [9.17, 15) is 14.9 Å². The second-order valence-corrected chi connectivity index (χ2v) is 4.37. The molecular formula is C14H14N4O4. The van der Waals surface area contributed by atoms with Crippen LogP contribution < -0.4 is 15.6 Å². The SMILES string of the molecule is COc1ccc(C(=O)NNc2ccc([N+](=O)[O-])c(C)n2)cc1. The number of benzene rings is 1. The number of aryl methyl sites for hydroxylation is 1. The van der Waals surface area contributed by atoms with Crippen LogP contribution in [0.15, 0.2) is 36.4 Å². The molecule has 114 valence electrons. The van der Waals surface area contributed by atoms with Crippen molar-refractivity contribution in [3.63, 3.8) is 0 Å². The first kappa shape index (κ1) is 15.2. The molecule has 1 amide bonds. The van der Waals surface area contributed by atoms with Gasteiger partial charge < -0.3 is 4.74 Å². The van der Waals surface area contributed by atoms with Crippen LogP contribution in [-0.2, 0) is 0 Å². The van der Waals surface area contributed by atoms with Gasteiger partial charge in [0.25, 0.3) is 11.6 Å². The Balaban J connectivity index is 2.01. The average molecular weight is 302 g/mol. The van der Waals surface area contributed by atoms with Crippen molar-refractivity contribution in [3.8, 4) is 5.75 Å². The normalized spacial score (nSPS) is 9.91. The fourth-order valence-corrected chi connectivity index (χ4v) is 1.75. The van der Waals surface area contributed by atoms with Crippen LogP contribution in [-0.4, -0.2) is 22.9 Å². The highest BCUT2D eigenvalue weighted by Crippen LogP contribution is 2.17. The molecule has 0 saturated carbocycles. The van der Waals surface area contributed by atoms with Crippen LogP contribution >= 0.6 is 0 Å². The number of hydrogen-bond acceptors (Lipinski definition) is 6. The Labute approximate surface area is 126 Å². The molecule has 0 aliphatic carbocycles. The van der Waals surface area contributed by atoms with E-state index in [2.05, 4.69) is 15.8 Å². The number of aromatic nitrogens is 1. The quantitative estimate of drug-likeness (QED) is 0.647. The molecular weight excluding hydrogens is 288 g/mol. The van der Waals surface area contributed by atoms with Gasteiger partial charge in [-0.05, 0) is 37.3 Å². The minimum absolute atomic E-state index is 0.0768. The molecule has 0 unspecified atom stereocenters. The Morgan fingerprint density at radius 1 is 1.23 bits per heavy atom. The third kappa shape index (κ3) is 3.48. The van der Waals surface area contributed by atoms with Crippen LogP contribution in [0.2, 0.25) is 0 Å². The Morgan fingerprint density at radius 3 is 2.45 bits per heavy atom. The zero-order chi connectivity index (χ0) is 16.1. The molecule has 0 radical (unpaired) electrons. The first-order valence-electron chi connectivity index (χ1n) is 6.33. The maximum atomic E-state index is 11.9. The number of nitrogens with one attached hydrogen (secondary N) is 2. The van der Waals surface area contributed by atoms with Crippen LogP contribution in [0.5, 0.6) is 5.75 Å². The molecule has 0 spiro atoms. The standard InChI is InChI=1S/C14H14N4O4/c1-9-12(18(20)21)7-8-13(15-9)16-17-14(19)10-3-5-11(22-2)6-4-10/h3-8H,1-2H3,(H,15,16)(H,17,19). The lowest BCUT2D eigenvalue weighted by Gasteiger charge is -2.08. The Morgan fingerprint density at radius 2 is 1.91 bits per heavy atom. The van der Waals surface area contributed by atoms with Crippen molar-refractivity contribution in [1.29, 1.82) is 0 Å². The summed E-state index contributed by atoms with van der Waals surface area (Å²) in [6, 6.07) is 9.31. The third-order valence-electron chi connectivity index (χ3n) is 2.91. The zero-order valence-electron chi connectivity index (χ0n) is 12.0. The molecule has 1 aromatic carbocycles. The van der Waals surface area contributed by atoms with Crippen LogP contribution in [0, 0.1) is 17.0 Å². The number of hydrazine groups is 1. The number of methoxy groups -OCH3 is 1. The number of amides is 1. The summed E-state index contributed by atoms with van der Waals surface area (Å²) in [5, 5.41) is 10.7. The van der Waals surface area contributed by atoms with E-state index in [1.54, 1.807) is 31.4 Å². The highest BCUT2D eigenvalue weighted by Gasteiger charge is 2.12. The second kappa shape index (κ2) is 6.53. The van der Waals surface area contributed by atoms with Gasteiger partial charge in [0, 0.05) is 11.6 Å². The number of hydrogen-bond donors (Lipinski definition) is 2. The first-order chi connectivity index (χ1) is 10.5. The van der Waals surface area contributed by atoms with Gasteiger partial charge in [-0.25, -0.2) is 4.98 Å². The van der Waals surface area contributed by atoms with Crippen LogP contribution in [0.4, 0.5) is 11.5 Å². The lowest BCUT2D eigenvalue weighted by Crippen LogP contribution is -2.29. The Hall–Kier alpha value is -3.16. The van der Waals surface area contributed by atoms with Gasteiger partial charge >= 0.3 is 0 Å². The van der Waals surface area contributed by atoms with Gasteiger partial charge in [-0.15, -0.1) is 0 Å². The van der Waals surface area contributed by atoms with E-state index in [1.165, 1.54) is 19.1 Å². The smallest absolute Gasteiger partial charge is 0.290 e. The highest BCUT2D eigenvalue weighted by atomic mass is 16.6. The number of anilines is 1. The molecule has 0 atom stereocenters. The Bertz CT molecular complexity index is 700. The van der Waals surface area contributed by atoms with Crippen molar-refractivity contribution in [2.24, 2.45) is 0 Å². The maximum absolute atomic E-state index is 11.9. The summed E-state index contributed by atoms with van der Waals surface area (Å²) >= 11 is 0. The minimum atomic E-state index is -0.512. The summed E-state index contributed by atoms with van der Waals surface area (Å²) in [5.74, 6) is 0.600. The zero-order valence-corrected chi connectivity index (χ0v) is 12.0. The number of ether oxygens (including phenoxy) is 1. The van der Waals surface area contributed by atoms with Crippen molar-refractivity contribution in [1.82, 2.24) is 10.4 Å². The lowest BCUT2D eigenvalue weighted by atomic mass is 10.2. The van der Waals surface area contributed by atoms with E-state index in [-0.39, 0.29) is 17.3 Å². The second-order valence-electron chi connectivity index (χ2n) is 4.37. The van der Waals surface area contributed by atoms with Gasteiger partial charge in [0.2, 0.25) is 0 Å². The number of carbonyl (C=O) groups excluding carboxylic acids is 1. The monoisotopic (exact) mass is 302 g/mol. The van der Waals surface area contributed by atoms with Crippen molar-refractivity contribution < 1.29 is 14.5 Å². The molecule has 2 aromatic rings. The molecule has 0 saturated heterocycles. The summed E-state index contributed by atoms with van der Waals surface area (Å²) in [4.78, 5) is 26.1. The number of nitro groups is 1. The maximum Gasteiger partial charge on any atom is 0.290 e. The van der Waals surface area contributed by atoms with E-state index in [0.29, 0.717) is 17.1 Å². The molecule has 2 rings (SSSR count). The highest BCUT2D eigenvalue weighted by molar-refractivity contribution is 5.94. The van der Waals surface area contributed by atoms with Crippen LogP contribution in [0.3, 0.4) is 0 Å². The third-order valence-corrected chi connectivity index (χ3v) is 2.91. The fraction of sp³-hybridized carbons (Fsp3) is 0.143. The summed E-state index contributed by atoms with van der Waals surface area (Å²) in [6.07, 6.45) is 0. The molecule has 8 nitrogen and oxygen atoms in total.